The van der Waals surface area contributed by atoms with Gasteiger partial charge < -0.3 is 9.82 Å². The first-order valence-electron chi connectivity index (χ1n) is 9.47. The Morgan fingerprint density at radius 2 is 1.74 bits per heavy atom. The van der Waals surface area contributed by atoms with Crippen molar-refractivity contribution in [3.8, 4) is 11.3 Å². The van der Waals surface area contributed by atoms with Gasteiger partial charge in [-0.25, -0.2) is 9.78 Å². The molecule has 160 valence electrons. The van der Waals surface area contributed by atoms with Crippen LogP contribution in [0.3, 0.4) is 0 Å². The van der Waals surface area contributed by atoms with Gasteiger partial charge >= 0.3 is 12.1 Å². The third kappa shape index (κ3) is 4.14. The Balaban J connectivity index is 1.63. The van der Waals surface area contributed by atoms with Crippen LogP contribution >= 0.6 is 0 Å². The quantitative estimate of drug-likeness (QED) is 0.738. The fourth-order valence-electron chi connectivity index (χ4n) is 3.28. The predicted molar refractivity (Wildman–Crippen MR) is 102 cm³/mol. The van der Waals surface area contributed by atoms with Gasteiger partial charge in [-0.2, -0.15) is 13.2 Å². The summed E-state index contributed by atoms with van der Waals surface area (Å²) in [4.78, 5) is 46.3. The Bertz CT molecular complexity index is 1100. The molecule has 31 heavy (non-hydrogen) atoms. The molecule has 4 rings (SSSR count). The normalized spacial score (nSPS) is 16.6. The molecule has 10 heteroatoms. The van der Waals surface area contributed by atoms with Gasteiger partial charge in [-0.05, 0) is 30.5 Å². The largest absolute Gasteiger partial charge is 0.449 e. The maximum atomic E-state index is 13.2. The number of amides is 2. The zero-order valence-electron chi connectivity index (χ0n) is 16.0. The number of carbonyl (C=O) groups is 3. The summed E-state index contributed by atoms with van der Waals surface area (Å²) in [6, 6.07) is 5.52. The SMILES string of the molecule is O=C(ON1C(=O)CCC1=O)c1ccc(-c2nc(C(F)(F)F)[nH]c2C2=CCCC=C2)cc1. The number of H-pyrrole nitrogens is 1. The van der Waals surface area contributed by atoms with Crippen LogP contribution in [0.2, 0.25) is 0 Å². The molecule has 2 amide bonds. The molecular formula is C21H16F3N3O4. The number of nitrogens with one attached hydrogen (secondary N) is 1. The Morgan fingerprint density at radius 3 is 2.32 bits per heavy atom. The van der Waals surface area contributed by atoms with Gasteiger partial charge in [0.05, 0.1) is 17.0 Å². The van der Waals surface area contributed by atoms with Gasteiger partial charge in [-0.3, -0.25) is 9.59 Å². The zero-order valence-corrected chi connectivity index (χ0v) is 16.0. The van der Waals surface area contributed by atoms with Crippen molar-refractivity contribution in [2.45, 2.75) is 31.9 Å². The van der Waals surface area contributed by atoms with Crippen molar-refractivity contribution in [1.82, 2.24) is 15.0 Å². The highest BCUT2D eigenvalue weighted by Crippen LogP contribution is 2.35. The van der Waals surface area contributed by atoms with E-state index in [9.17, 15) is 27.6 Å². The predicted octanol–water partition coefficient (Wildman–Crippen LogP) is 4.05. The van der Waals surface area contributed by atoms with Gasteiger partial charge in [0.1, 0.15) is 0 Å². The van der Waals surface area contributed by atoms with Gasteiger partial charge in [-0.1, -0.05) is 30.4 Å². The summed E-state index contributed by atoms with van der Waals surface area (Å²) in [6.07, 6.45) is 2.22. The van der Waals surface area contributed by atoms with E-state index in [0.717, 1.165) is 6.42 Å². The molecule has 2 aliphatic rings. The summed E-state index contributed by atoms with van der Waals surface area (Å²) in [5, 5.41) is 0.430. The number of carbonyl (C=O) groups excluding carboxylic acids is 3. The fourth-order valence-corrected chi connectivity index (χ4v) is 3.28. The lowest BCUT2D eigenvalue weighted by Gasteiger charge is -2.12. The Morgan fingerprint density at radius 1 is 1.06 bits per heavy atom. The highest BCUT2D eigenvalue weighted by atomic mass is 19.4. The van der Waals surface area contributed by atoms with Gasteiger partial charge in [0.15, 0.2) is 0 Å². The summed E-state index contributed by atoms with van der Waals surface area (Å²) in [7, 11) is 0. The smallest absolute Gasteiger partial charge is 0.334 e. The van der Waals surface area contributed by atoms with E-state index < -0.39 is 29.8 Å². The molecule has 2 aromatic rings. The molecule has 1 aliphatic carbocycles. The van der Waals surface area contributed by atoms with Gasteiger partial charge in [-0.15, -0.1) is 5.06 Å². The molecule has 0 unspecified atom stereocenters. The van der Waals surface area contributed by atoms with Crippen LogP contribution in [-0.2, 0) is 20.6 Å². The standard InChI is InChI=1S/C21H16F3N3O4/c22-21(23,24)20-25-17(12-4-2-1-3-5-12)18(26-20)13-6-8-14(9-7-13)19(30)31-27-15(28)10-11-16(27)29/h2,4-9H,1,3,10-11H2,(H,25,26). The van der Waals surface area contributed by atoms with Crippen molar-refractivity contribution in [2.75, 3.05) is 0 Å². The maximum Gasteiger partial charge on any atom is 0.449 e. The van der Waals surface area contributed by atoms with Gasteiger partial charge in [0, 0.05) is 18.4 Å². The summed E-state index contributed by atoms with van der Waals surface area (Å²) >= 11 is 0. The first-order valence-corrected chi connectivity index (χ1v) is 9.47. The van der Waals surface area contributed by atoms with Gasteiger partial charge in [0.2, 0.25) is 5.82 Å². The minimum atomic E-state index is -4.65. The summed E-state index contributed by atoms with van der Waals surface area (Å²) < 4.78 is 39.7. The number of nitrogens with zero attached hydrogens (tertiary/aromatic N) is 2. The van der Waals surface area contributed by atoms with E-state index in [4.69, 9.17) is 4.84 Å². The monoisotopic (exact) mass is 431 g/mol. The summed E-state index contributed by atoms with van der Waals surface area (Å²) in [5.74, 6) is -3.26. The molecule has 2 heterocycles. The van der Waals surface area contributed by atoms with Crippen LogP contribution < -0.4 is 0 Å². The van der Waals surface area contributed by atoms with Crippen LogP contribution in [0, 0.1) is 0 Å². The van der Waals surface area contributed by atoms with Crippen LogP contribution in [0.5, 0.6) is 0 Å². The molecule has 0 spiro atoms. The van der Waals surface area contributed by atoms with E-state index in [1.807, 2.05) is 12.2 Å². The number of imidazole rings is 1. The molecule has 1 N–H and O–H groups in total. The molecule has 0 saturated carbocycles. The number of aromatic amines is 1. The fraction of sp³-hybridized carbons (Fsp3) is 0.238. The lowest BCUT2D eigenvalue weighted by molar-refractivity contribution is -0.172. The second-order valence-electron chi connectivity index (χ2n) is 6.98. The van der Waals surface area contributed by atoms with Gasteiger partial charge in [0.25, 0.3) is 11.8 Å². The molecular weight excluding hydrogens is 415 g/mol. The number of allylic oxidation sites excluding steroid dienone is 4. The highest BCUT2D eigenvalue weighted by Gasteiger charge is 2.36. The topological polar surface area (TPSA) is 92.4 Å². The average Bonchev–Trinajstić information content (AvgIpc) is 3.34. The van der Waals surface area contributed by atoms with Crippen molar-refractivity contribution in [2.24, 2.45) is 0 Å². The number of halogens is 3. The molecule has 1 fully saturated rings. The molecule has 1 saturated heterocycles. The Hall–Kier alpha value is -3.69. The number of hydroxylamine groups is 2. The van der Waals surface area contributed by atoms with Crippen molar-refractivity contribution in [3.05, 3.63) is 59.6 Å². The average molecular weight is 431 g/mol. The molecule has 0 radical (unpaired) electrons. The minimum Gasteiger partial charge on any atom is -0.334 e. The van der Waals surface area contributed by atoms with Crippen LogP contribution in [-0.4, -0.2) is 32.8 Å². The first-order chi connectivity index (χ1) is 14.7. The van der Waals surface area contributed by atoms with Crippen molar-refractivity contribution < 1.29 is 32.4 Å². The first kappa shape index (κ1) is 20.6. The van der Waals surface area contributed by atoms with Crippen LogP contribution in [0.25, 0.3) is 16.8 Å². The summed E-state index contributed by atoms with van der Waals surface area (Å²) in [5.41, 5.74) is 1.30. The Kier molecular flexibility index (Phi) is 5.22. The van der Waals surface area contributed by atoms with Crippen LogP contribution in [0.1, 0.15) is 47.6 Å². The third-order valence-corrected chi connectivity index (χ3v) is 4.83. The minimum absolute atomic E-state index is 0.0289. The molecule has 0 bridgehead atoms. The second-order valence-corrected chi connectivity index (χ2v) is 6.98. The van der Waals surface area contributed by atoms with Crippen LogP contribution in [0.15, 0.2) is 42.5 Å². The molecule has 7 nitrogen and oxygen atoms in total. The lowest BCUT2D eigenvalue weighted by atomic mass is 10.00. The molecule has 0 atom stereocenters. The maximum absolute atomic E-state index is 13.2. The third-order valence-electron chi connectivity index (χ3n) is 4.83. The Labute approximate surface area is 174 Å². The number of imide groups is 1. The highest BCUT2D eigenvalue weighted by molar-refractivity contribution is 6.02. The van der Waals surface area contributed by atoms with E-state index in [0.29, 0.717) is 22.6 Å². The van der Waals surface area contributed by atoms with Crippen LogP contribution in [0.4, 0.5) is 13.2 Å². The second kappa shape index (κ2) is 7.86. The zero-order chi connectivity index (χ0) is 22.2. The number of rotatable bonds is 4. The number of hydrogen-bond donors (Lipinski definition) is 1. The van der Waals surface area contributed by atoms with E-state index in [2.05, 4.69) is 9.97 Å². The lowest BCUT2D eigenvalue weighted by Crippen LogP contribution is -2.32. The van der Waals surface area contributed by atoms with Crippen molar-refractivity contribution in [1.29, 1.82) is 0 Å². The number of hydrogen-bond acceptors (Lipinski definition) is 5. The number of benzene rings is 1. The molecule has 1 aromatic carbocycles. The van der Waals surface area contributed by atoms with E-state index in [-0.39, 0.29) is 29.8 Å². The number of aromatic nitrogens is 2. The molecule has 1 aromatic heterocycles. The molecule has 1 aliphatic heterocycles. The van der Waals surface area contributed by atoms with Crippen molar-refractivity contribution in [3.63, 3.8) is 0 Å². The summed E-state index contributed by atoms with van der Waals surface area (Å²) in [6.45, 7) is 0. The van der Waals surface area contributed by atoms with Crippen molar-refractivity contribution >= 4 is 23.4 Å². The van der Waals surface area contributed by atoms with E-state index >= 15 is 0 Å². The van der Waals surface area contributed by atoms with E-state index in [1.165, 1.54) is 24.3 Å². The number of alkyl halides is 3. The van der Waals surface area contributed by atoms with E-state index in [1.54, 1.807) is 6.08 Å².